The van der Waals surface area contributed by atoms with E-state index in [2.05, 4.69) is 27.0 Å². The van der Waals surface area contributed by atoms with Crippen LogP contribution in [0.2, 0.25) is 0 Å². The minimum atomic E-state index is -0.202. The Morgan fingerprint density at radius 3 is 2.75 bits per heavy atom. The summed E-state index contributed by atoms with van der Waals surface area (Å²) >= 11 is 0. The van der Waals surface area contributed by atoms with Crippen molar-refractivity contribution < 1.29 is 9.18 Å². The van der Waals surface area contributed by atoms with Crippen LogP contribution in [0.4, 0.5) is 4.39 Å². The average molecular weight is 433 g/mol. The van der Waals surface area contributed by atoms with Crippen LogP contribution < -0.4 is 0 Å². The summed E-state index contributed by atoms with van der Waals surface area (Å²) in [6.07, 6.45) is 3.77. The van der Waals surface area contributed by atoms with Gasteiger partial charge in [-0.1, -0.05) is 36.4 Å². The molecule has 1 atom stereocenters. The molecule has 4 rings (SSSR count). The third-order valence-corrected chi connectivity index (χ3v) is 6.02. The van der Waals surface area contributed by atoms with Gasteiger partial charge < -0.3 is 4.90 Å². The van der Waals surface area contributed by atoms with E-state index in [0.717, 1.165) is 55.1 Å². The number of halogens is 1. The molecule has 3 aromatic rings. The summed E-state index contributed by atoms with van der Waals surface area (Å²) in [7, 11) is 3.46. The number of rotatable bonds is 5. The molecule has 1 unspecified atom stereocenters. The number of hydrogen-bond acceptors (Lipinski definition) is 4. The summed E-state index contributed by atoms with van der Waals surface area (Å²) in [4.78, 5) is 25.5. The molecular weight excluding hydrogens is 403 g/mol. The van der Waals surface area contributed by atoms with Crippen molar-refractivity contribution in [2.45, 2.75) is 32.2 Å². The molecule has 1 aliphatic heterocycles. The molecule has 1 amide bonds. The second kappa shape index (κ2) is 9.57. The predicted molar refractivity (Wildman–Crippen MR) is 124 cm³/mol. The topological polar surface area (TPSA) is 49.3 Å². The molecule has 0 spiro atoms. The fourth-order valence-corrected chi connectivity index (χ4v) is 4.33. The molecule has 0 saturated carbocycles. The van der Waals surface area contributed by atoms with Gasteiger partial charge in [0.05, 0.1) is 11.3 Å². The molecule has 5 nitrogen and oxygen atoms in total. The Balaban J connectivity index is 1.47. The van der Waals surface area contributed by atoms with Crippen molar-refractivity contribution in [2.75, 3.05) is 27.2 Å². The van der Waals surface area contributed by atoms with Gasteiger partial charge in [-0.05, 0) is 49.6 Å². The largest absolute Gasteiger partial charge is 0.345 e. The lowest BCUT2D eigenvalue weighted by atomic mass is 9.96. The number of carbonyl (C=O) groups excluding carboxylic acids is 1. The highest BCUT2D eigenvalue weighted by Gasteiger charge is 2.25. The van der Waals surface area contributed by atoms with E-state index in [1.165, 1.54) is 6.07 Å². The van der Waals surface area contributed by atoms with Crippen LogP contribution >= 0.6 is 0 Å². The van der Waals surface area contributed by atoms with Gasteiger partial charge in [-0.3, -0.25) is 9.69 Å². The molecule has 0 bridgehead atoms. The van der Waals surface area contributed by atoms with Crippen LogP contribution in [0.3, 0.4) is 0 Å². The number of aromatic nitrogens is 2. The number of aryl methyl sites for hydroxylation is 1. The zero-order chi connectivity index (χ0) is 22.7. The monoisotopic (exact) mass is 432 g/mol. The van der Waals surface area contributed by atoms with Gasteiger partial charge in [0.25, 0.3) is 5.91 Å². The van der Waals surface area contributed by atoms with E-state index in [1.807, 2.05) is 31.2 Å². The van der Waals surface area contributed by atoms with E-state index >= 15 is 0 Å². The molecule has 166 valence electrons. The number of hydrogen-bond donors (Lipinski definition) is 0. The molecule has 1 fully saturated rings. The van der Waals surface area contributed by atoms with Crippen LogP contribution in [0.1, 0.15) is 46.2 Å². The maximum absolute atomic E-state index is 14.2. The Kier molecular flexibility index (Phi) is 6.61. The smallest absolute Gasteiger partial charge is 0.256 e. The predicted octanol–water partition coefficient (Wildman–Crippen LogP) is 4.67. The summed E-state index contributed by atoms with van der Waals surface area (Å²) < 4.78 is 14.2. The molecule has 2 heterocycles. The Labute approximate surface area is 188 Å². The van der Waals surface area contributed by atoms with E-state index in [9.17, 15) is 9.18 Å². The minimum absolute atomic E-state index is 0.0749. The number of likely N-dealkylation sites (tertiary alicyclic amines) is 1. The molecule has 2 aromatic carbocycles. The number of benzene rings is 2. The summed E-state index contributed by atoms with van der Waals surface area (Å²) in [5.74, 6) is 0.767. The molecule has 32 heavy (non-hydrogen) atoms. The maximum Gasteiger partial charge on any atom is 0.256 e. The average Bonchev–Trinajstić information content (AvgIpc) is 2.79. The fourth-order valence-electron chi connectivity index (χ4n) is 4.33. The normalized spacial score (nSPS) is 16.7. The SMILES string of the molecule is Cc1nc(C2CCCN(Cc3cccc(-c4ccccc4F)c3)C2)ncc1C(=O)N(C)C. The van der Waals surface area contributed by atoms with Gasteiger partial charge in [-0.2, -0.15) is 0 Å². The van der Waals surface area contributed by atoms with Gasteiger partial charge in [-0.25, -0.2) is 14.4 Å². The van der Waals surface area contributed by atoms with Gasteiger partial charge >= 0.3 is 0 Å². The standard InChI is InChI=1S/C26H29FN4O/c1-18-23(26(32)30(2)3)15-28-25(29-18)21-10-7-13-31(17-21)16-19-8-6-9-20(14-19)22-11-4-5-12-24(22)27/h4-6,8-9,11-12,14-15,21H,7,10,13,16-17H2,1-3H3. The highest BCUT2D eigenvalue weighted by Crippen LogP contribution is 2.28. The van der Waals surface area contributed by atoms with Crippen molar-refractivity contribution in [1.29, 1.82) is 0 Å². The van der Waals surface area contributed by atoms with Crippen LogP contribution in [0, 0.1) is 12.7 Å². The molecule has 0 aliphatic carbocycles. The van der Waals surface area contributed by atoms with Crippen LogP contribution in [0.15, 0.2) is 54.7 Å². The van der Waals surface area contributed by atoms with Gasteiger partial charge in [0.2, 0.25) is 0 Å². The van der Waals surface area contributed by atoms with E-state index in [-0.39, 0.29) is 17.6 Å². The first-order chi connectivity index (χ1) is 15.4. The van der Waals surface area contributed by atoms with Crippen LogP contribution in [-0.2, 0) is 6.54 Å². The van der Waals surface area contributed by atoms with Crippen LogP contribution in [0.5, 0.6) is 0 Å². The number of piperidine rings is 1. The zero-order valence-electron chi connectivity index (χ0n) is 18.9. The zero-order valence-corrected chi connectivity index (χ0v) is 18.9. The van der Waals surface area contributed by atoms with Crippen molar-refractivity contribution >= 4 is 5.91 Å². The molecule has 0 N–H and O–H groups in total. The quantitative estimate of drug-likeness (QED) is 0.588. The second-order valence-corrected chi connectivity index (χ2v) is 8.68. The fraction of sp³-hybridized carbons (Fsp3) is 0.346. The molecule has 6 heteroatoms. The van der Waals surface area contributed by atoms with E-state index in [4.69, 9.17) is 0 Å². The van der Waals surface area contributed by atoms with Gasteiger partial charge in [-0.15, -0.1) is 0 Å². The van der Waals surface area contributed by atoms with Crippen molar-refractivity contribution in [3.8, 4) is 11.1 Å². The molecule has 0 radical (unpaired) electrons. The lowest BCUT2D eigenvalue weighted by Crippen LogP contribution is -2.34. The highest BCUT2D eigenvalue weighted by atomic mass is 19.1. The Morgan fingerprint density at radius 2 is 2.00 bits per heavy atom. The molecule has 1 saturated heterocycles. The Morgan fingerprint density at radius 1 is 1.19 bits per heavy atom. The van der Waals surface area contributed by atoms with Crippen molar-refractivity contribution in [3.05, 3.63) is 83.2 Å². The summed E-state index contributed by atoms with van der Waals surface area (Å²) in [6, 6.07) is 15.0. The van der Waals surface area contributed by atoms with Crippen molar-refractivity contribution in [1.82, 2.24) is 19.8 Å². The van der Waals surface area contributed by atoms with Crippen molar-refractivity contribution in [2.24, 2.45) is 0 Å². The van der Waals surface area contributed by atoms with Gasteiger partial charge in [0, 0.05) is 44.9 Å². The first-order valence-electron chi connectivity index (χ1n) is 11.0. The molecular formula is C26H29FN4O. The first kappa shape index (κ1) is 22.1. The van der Waals surface area contributed by atoms with Gasteiger partial charge in [0.15, 0.2) is 0 Å². The summed E-state index contributed by atoms with van der Waals surface area (Å²) in [5.41, 5.74) is 3.96. The van der Waals surface area contributed by atoms with Crippen molar-refractivity contribution in [3.63, 3.8) is 0 Å². The lowest BCUT2D eigenvalue weighted by molar-refractivity contribution is 0.0825. The summed E-state index contributed by atoms with van der Waals surface area (Å²) in [6.45, 7) is 4.55. The number of nitrogens with zero attached hydrogens (tertiary/aromatic N) is 4. The van der Waals surface area contributed by atoms with Crippen LogP contribution in [0.25, 0.3) is 11.1 Å². The first-order valence-corrected chi connectivity index (χ1v) is 11.0. The number of carbonyl (C=O) groups is 1. The maximum atomic E-state index is 14.2. The van der Waals surface area contributed by atoms with E-state index in [1.54, 1.807) is 31.3 Å². The number of amides is 1. The Hall–Kier alpha value is -3.12. The van der Waals surface area contributed by atoms with E-state index < -0.39 is 0 Å². The summed E-state index contributed by atoms with van der Waals surface area (Å²) in [5, 5.41) is 0. The highest BCUT2D eigenvalue weighted by molar-refractivity contribution is 5.94. The van der Waals surface area contributed by atoms with Crippen LogP contribution in [-0.4, -0.2) is 52.9 Å². The third-order valence-electron chi connectivity index (χ3n) is 6.02. The minimum Gasteiger partial charge on any atom is -0.345 e. The van der Waals surface area contributed by atoms with Gasteiger partial charge in [0.1, 0.15) is 11.6 Å². The second-order valence-electron chi connectivity index (χ2n) is 8.68. The third kappa shape index (κ3) is 4.86. The molecule has 1 aromatic heterocycles. The van der Waals surface area contributed by atoms with E-state index in [0.29, 0.717) is 11.1 Å². The molecule has 1 aliphatic rings. The Bertz CT molecular complexity index is 1110. The lowest BCUT2D eigenvalue weighted by Gasteiger charge is -2.32.